The lowest BCUT2D eigenvalue weighted by Crippen LogP contribution is -2.57. The molecule has 2 aromatic carbocycles. The molecule has 41 heavy (non-hydrogen) atoms. The lowest BCUT2D eigenvalue weighted by Gasteiger charge is -2.36. The summed E-state index contributed by atoms with van der Waals surface area (Å²) in [5, 5.41) is 6.26. The Morgan fingerprint density at radius 3 is 2.49 bits per heavy atom. The lowest BCUT2D eigenvalue weighted by molar-refractivity contribution is -0.142. The molecule has 3 amide bonds. The summed E-state index contributed by atoms with van der Waals surface area (Å²) in [5.41, 5.74) is 1.48. The minimum atomic E-state index is -1.19. The monoisotopic (exact) mass is 557 g/mol. The van der Waals surface area contributed by atoms with Crippen LogP contribution in [-0.4, -0.2) is 53.0 Å². The Kier molecular flexibility index (Phi) is 7.36. The van der Waals surface area contributed by atoms with Crippen molar-refractivity contribution in [3.05, 3.63) is 71.8 Å². The van der Waals surface area contributed by atoms with Crippen molar-refractivity contribution < 1.29 is 23.9 Å². The van der Waals surface area contributed by atoms with E-state index in [4.69, 9.17) is 9.47 Å². The van der Waals surface area contributed by atoms with Gasteiger partial charge in [-0.1, -0.05) is 61.7 Å². The maximum Gasteiger partial charge on any atom is 0.246 e. The Balaban J connectivity index is 1.29. The summed E-state index contributed by atoms with van der Waals surface area (Å²) < 4.78 is 12.0. The number of carbonyl (C=O) groups is 3. The van der Waals surface area contributed by atoms with Gasteiger partial charge in [0.2, 0.25) is 17.7 Å². The van der Waals surface area contributed by atoms with Gasteiger partial charge in [-0.3, -0.25) is 14.4 Å². The lowest BCUT2D eigenvalue weighted by atomic mass is 9.74. The number of nitrogens with zero attached hydrogens (tertiary/aromatic N) is 1. The SMILES string of the molecule is CCOc1ccc(NC(=O)[C@@H]2[C@@H]3C=C[C@]4(O3)[C@@H]2C(=O)N(Cc2ccc(C)cc2)[C@H]4C(=O)N[C@@H]2CCCC[C@@H]2C)cc1. The van der Waals surface area contributed by atoms with Gasteiger partial charge in [-0.05, 0) is 62.4 Å². The Bertz CT molecular complexity index is 1340. The van der Waals surface area contributed by atoms with E-state index in [-0.39, 0.29) is 30.3 Å². The molecule has 4 aliphatic rings. The zero-order chi connectivity index (χ0) is 28.7. The highest BCUT2D eigenvalue weighted by Gasteiger charge is 2.72. The second-order valence-electron chi connectivity index (χ2n) is 12.0. The number of aryl methyl sites for hydroxylation is 1. The number of hydrogen-bond donors (Lipinski definition) is 2. The first-order valence-electron chi connectivity index (χ1n) is 14.9. The van der Waals surface area contributed by atoms with Crippen LogP contribution in [0.1, 0.15) is 50.7 Å². The topological polar surface area (TPSA) is 97.0 Å². The first-order valence-corrected chi connectivity index (χ1v) is 14.9. The highest BCUT2D eigenvalue weighted by Crippen LogP contribution is 2.55. The maximum atomic E-state index is 14.2. The van der Waals surface area contributed by atoms with Gasteiger partial charge in [-0.15, -0.1) is 0 Å². The van der Waals surface area contributed by atoms with E-state index in [0.717, 1.165) is 36.1 Å². The summed E-state index contributed by atoms with van der Waals surface area (Å²) in [6.07, 6.45) is 7.38. The molecule has 0 unspecified atom stereocenters. The number of amides is 3. The molecule has 8 nitrogen and oxygen atoms in total. The molecule has 3 aliphatic heterocycles. The first kappa shape index (κ1) is 27.5. The van der Waals surface area contributed by atoms with Crippen molar-refractivity contribution in [2.24, 2.45) is 17.8 Å². The van der Waals surface area contributed by atoms with E-state index >= 15 is 0 Å². The van der Waals surface area contributed by atoms with Crippen LogP contribution in [-0.2, 0) is 25.7 Å². The summed E-state index contributed by atoms with van der Waals surface area (Å²) in [6, 6.07) is 14.3. The van der Waals surface area contributed by atoms with Crippen molar-refractivity contribution in [3.8, 4) is 5.75 Å². The summed E-state index contributed by atoms with van der Waals surface area (Å²) in [7, 11) is 0. The van der Waals surface area contributed by atoms with Crippen LogP contribution in [0.3, 0.4) is 0 Å². The average Bonchev–Trinajstić information content (AvgIpc) is 3.60. The van der Waals surface area contributed by atoms with Crippen LogP contribution in [0.5, 0.6) is 5.75 Å². The van der Waals surface area contributed by atoms with Gasteiger partial charge >= 0.3 is 0 Å². The number of rotatable bonds is 8. The molecule has 1 saturated carbocycles. The molecule has 1 spiro atoms. The molecule has 3 fully saturated rings. The molecule has 2 bridgehead atoms. The Labute approximate surface area is 241 Å². The van der Waals surface area contributed by atoms with Gasteiger partial charge in [0.15, 0.2) is 0 Å². The van der Waals surface area contributed by atoms with Gasteiger partial charge in [0.1, 0.15) is 17.4 Å². The Morgan fingerprint density at radius 1 is 1.05 bits per heavy atom. The van der Waals surface area contributed by atoms with Crippen molar-refractivity contribution in [2.45, 2.75) is 76.8 Å². The molecule has 7 atom stereocenters. The summed E-state index contributed by atoms with van der Waals surface area (Å²) >= 11 is 0. The van der Waals surface area contributed by atoms with Crippen molar-refractivity contribution in [1.82, 2.24) is 10.2 Å². The number of nitrogens with one attached hydrogen (secondary N) is 2. The van der Waals surface area contributed by atoms with E-state index in [2.05, 4.69) is 17.6 Å². The molecule has 0 radical (unpaired) electrons. The van der Waals surface area contributed by atoms with Gasteiger partial charge < -0.3 is 25.0 Å². The minimum absolute atomic E-state index is 0.0596. The molecule has 0 aromatic heterocycles. The second-order valence-corrected chi connectivity index (χ2v) is 12.0. The molecule has 1 aliphatic carbocycles. The third kappa shape index (κ3) is 4.92. The van der Waals surface area contributed by atoms with Crippen LogP contribution in [0, 0.1) is 24.7 Å². The number of ether oxygens (including phenoxy) is 2. The van der Waals surface area contributed by atoms with Crippen molar-refractivity contribution in [1.29, 1.82) is 0 Å². The van der Waals surface area contributed by atoms with Gasteiger partial charge in [0, 0.05) is 18.3 Å². The highest BCUT2D eigenvalue weighted by molar-refractivity contribution is 6.02. The normalized spacial score (nSPS) is 31.7. The first-order chi connectivity index (χ1) is 19.8. The molecular weight excluding hydrogens is 518 g/mol. The van der Waals surface area contributed by atoms with Crippen LogP contribution in [0.4, 0.5) is 5.69 Å². The standard InChI is InChI=1S/C33H39N3O5/c1-4-40-24-15-13-23(14-16-24)34-30(37)27-26-17-18-33(41-26)28(27)32(39)36(19-22-11-9-20(2)10-12-22)29(33)31(38)35-25-8-6-5-7-21(25)3/h9-18,21,25-29H,4-8,19H2,1-3H3,(H,34,37)(H,35,38)/t21-,25+,26-,27+,28-,29-,33-/m0/s1. The molecule has 216 valence electrons. The molecule has 6 rings (SSSR count). The predicted molar refractivity (Wildman–Crippen MR) is 155 cm³/mol. The van der Waals surface area contributed by atoms with Crippen LogP contribution < -0.4 is 15.4 Å². The molecule has 2 aromatic rings. The van der Waals surface area contributed by atoms with Gasteiger partial charge in [-0.2, -0.15) is 0 Å². The highest BCUT2D eigenvalue weighted by atomic mass is 16.5. The van der Waals surface area contributed by atoms with Gasteiger partial charge in [0.05, 0.1) is 24.5 Å². The van der Waals surface area contributed by atoms with E-state index in [9.17, 15) is 14.4 Å². The number of carbonyl (C=O) groups excluding carboxylic acids is 3. The number of benzene rings is 2. The summed E-state index contributed by atoms with van der Waals surface area (Å²) in [4.78, 5) is 43.7. The number of fused-ring (bicyclic) bond motifs is 1. The third-order valence-electron chi connectivity index (χ3n) is 9.27. The predicted octanol–water partition coefficient (Wildman–Crippen LogP) is 4.38. The number of hydrogen-bond acceptors (Lipinski definition) is 5. The van der Waals surface area contributed by atoms with Gasteiger partial charge in [0.25, 0.3) is 0 Å². The number of likely N-dealkylation sites (tertiary alicyclic amines) is 1. The quantitative estimate of drug-likeness (QED) is 0.470. The summed E-state index contributed by atoms with van der Waals surface area (Å²) in [5.74, 6) is -1.16. The van der Waals surface area contributed by atoms with E-state index in [1.165, 1.54) is 6.42 Å². The average molecular weight is 558 g/mol. The Hall–Kier alpha value is -3.65. The molecule has 8 heteroatoms. The van der Waals surface area contributed by atoms with Crippen molar-refractivity contribution in [3.63, 3.8) is 0 Å². The van der Waals surface area contributed by atoms with Crippen LogP contribution >= 0.6 is 0 Å². The molecule has 2 N–H and O–H groups in total. The smallest absolute Gasteiger partial charge is 0.246 e. The van der Waals surface area contributed by atoms with Crippen LogP contribution in [0.15, 0.2) is 60.7 Å². The zero-order valence-electron chi connectivity index (χ0n) is 24.0. The van der Waals surface area contributed by atoms with E-state index in [1.807, 2.05) is 50.3 Å². The molecular formula is C33H39N3O5. The van der Waals surface area contributed by atoms with Crippen molar-refractivity contribution in [2.75, 3.05) is 11.9 Å². The zero-order valence-corrected chi connectivity index (χ0v) is 24.0. The second kappa shape index (κ2) is 11.0. The van der Waals surface area contributed by atoms with E-state index in [1.54, 1.807) is 29.2 Å². The fraction of sp³-hybridized carbons (Fsp3) is 0.485. The largest absolute Gasteiger partial charge is 0.494 e. The molecule has 3 heterocycles. The van der Waals surface area contributed by atoms with Gasteiger partial charge in [-0.25, -0.2) is 0 Å². The number of anilines is 1. The van der Waals surface area contributed by atoms with Crippen LogP contribution in [0.25, 0.3) is 0 Å². The maximum absolute atomic E-state index is 14.2. The van der Waals surface area contributed by atoms with Crippen molar-refractivity contribution >= 4 is 23.4 Å². The Morgan fingerprint density at radius 2 is 1.78 bits per heavy atom. The van der Waals surface area contributed by atoms with E-state index in [0.29, 0.717) is 18.2 Å². The summed E-state index contributed by atoms with van der Waals surface area (Å²) in [6.45, 7) is 6.93. The third-order valence-corrected chi connectivity index (χ3v) is 9.27. The van der Waals surface area contributed by atoms with E-state index < -0.39 is 29.6 Å². The minimum Gasteiger partial charge on any atom is -0.494 e. The fourth-order valence-corrected chi connectivity index (χ4v) is 7.15. The fourth-order valence-electron chi connectivity index (χ4n) is 7.15. The molecule has 2 saturated heterocycles. The van der Waals surface area contributed by atoms with Crippen LogP contribution in [0.2, 0.25) is 0 Å².